The van der Waals surface area contributed by atoms with Crippen molar-refractivity contribution < 1.29 is 27.8 Å². The van der Waals surface area contributed by atoms with Crippen LogP contribution in [0.15, 0.2) is 12.1 Å². The molecular weight excluding hydrogens is 444 g/mol. The summed E-state index contributed by atoms with van der Waals surface area (Å²) in [5.74, 6) is 0.488. The largest absolute Gasteiger partial charge is 0.484 e. The fourth-order valence-corrected chi connectivity index (χ4v) is 5.18. The van der Waals surface area contributed by atoms with E-state index in [0.29, 0.717) is 43.1 Å². The van der Waals surface area contributed by atoms with Crippen LogP contribution in [0.4, 0.5) is 0 Å². The van der Waals surface area contributed by atoms with Crippen LogP contribution in [0.2, 0.25) is 5.02 Å². The molecule has 1 amide bonds. The highest BCUT2D eigenvalue weighted by molar-refractivity contribution is 7.88. The van der Waals surface area contributed by atoms with Crippen molar-refractivity contribution in [3.8, 4) is 5.75 Å². The summed E-state index contributed by atoms with van der Waals surface area (Å²) >= 11 is 6.17. The average molecular weight is 475 g/mol. The fraction of sp³-hybridized carbons (Fsp3) is 0.667. The first-order valence-electron chi connectivity index (χ1n) is 10.3. The Morgan fingerprint density at radius 1 is 1.32 bits per heavy atom. The first-order valence-corrected chi connectivity index (χ1v) is 12.6. The molecule has 3 rings (SSSR count). The van der Waals surface area contributed by atoms with Crippen LogP contribution < -0.4 is 9.46 Å². The molecule has 174 valence electrons. The summed E-state index contributed by atoms with van der Waals surface area (Å²) in [7, 11) is -3.47. The Hall–Kier alpha value is -1.39. The molecule has 2 aliphatic heterocycles. The van der Waals surface area contributed by atoms with Crippen LogP contribution in [-0.4, -0.2) is 74.1 Å². The van der Waals surface area contributed by atoms with Crippen LogP contribution in [0.3, 0.4) is 0 Å². The number of rotatable bonds is 5. The molecule has 0 bridgehead atoms. The molecule has 1 aromatic carbocycles. The van der Waals surface area contributed by atoms with E-state index < -0.39 is 27.3 Å². The number of halogens is 1. The molecule has 0 aliphatic carbocycles. The van der Waals surface area contributed by atoms with Crippen molar-refractivity contribution in [1.82, 2.24) is 9.62 Å². The van der Waals surface area contributed by atoms with Gasteiger partial charge in [0.25, 0.3) is 5.91 Å². The summed E-state index contributed by atoms with van der Waals surface area (Å²) in [5.41, 5.74) is -0.0606. The lowest BCUT2D eigenvalue weighted by molar-refractivity contribution is -0.191. The van der Waals surface area contributed by atoms with Gasteiger partial charge in [-0.3, -0.25) is 4.79 Å². The van der Waals surface area contributed by atoms with Gasteiger partial charge < -0.3 is 19.5 Å². The lowest BCUT2D eigenvalue weighted by Crippen LogP contribution is -2.64. The van der Waals surface area contributed by atoms with Crippen LogP contribution >= 0.6 is 11.6 Å². The van der Waals surface area contributed by atoms with Crippen molar-refractivity contribution in [3.05, 3.63) is 28.3 Å². The number of aryl methyl sites for hydroxylation is 2. The van der Waals surface area contributed by atoms with E-state index in [2.05, 4.69) is 4.72 Å². The highest BCUT2D eigenvalue weighted by Gasteiger charge is 2.49. The highest BCUT2D eigenvalue weighted by atomic mass is 35.5. The number of carbonyl (C=O) groups excluding carboxylic acids is 1. The van der Waals surface area contributed by atoms with Gasteiger partial charge in [0.05, 0.1) is 24.5 Å². The predicted molar refractivity (Wildman–Crippen MR) is 118 cm³/mol. The van der Waals surface area contributed by atoms with E-state index >= 15 is 0 Å². The normalized spacial score (nSPS) is 26.1. The van der Waals surface area contributed by atoms with Gasteiger partial charge in [0, 0.05) is 18.1 Å². The molecule has 0 unspecified atom stereocenters. The molecule has 0 saturated carbocycles. The maximum atomic E-state index is 12.6. The van der Waals surface area contributed by atoms with Gasteiger partial charge in [0.15, 0.2) is 6.61 Å². The molecule has 2 N–H and O–H groups in total. The van der Waals surface area contributed by atoms with Crippen LogP contribution in [0.25, 0.3) is 0 Å². The Bertz CT molecular complexity index is 918. The maximum absolute atomic E-state index is 12.6. The Morgan fingerprint density at radius 3 is 2.45 bits per heavy atom. The summed E-state index contributed by atoms with van der Waals surface area (Å²) in [4.78, 5) is 14.4. The Labute approximate surface area is 188 Å². The molecule has 1 spiro atoms. The third-order valence-electron chi connectivity index (χ3n) is 6.15. The number of likely N-dealkylation sites (tertiary alicyclic amines) is 1. The number of benzene rings is 1. The molecule has 8 nitrogen and oxygen atoms in total. The van der Waals surface area contributed by atoms with E-state index in [1.807, 2.05) is 26.0 Å². The van der Waals surface area contributed by atoms with Crippen molar-refractivity contribution in [2.75, 3.05) is 32.6 Å². The minimum Gasteiger partial charge on any atom is -0.484 e. The molecule has 1 aromatic rings. The fourth-order valence-electron chi connectivity index (χ4n) is 4.22. The number of hydrogen-bond acceptors (Lipinski definition) is 6. The predicted octanol–water partition coefficient (Wildman–Crippen LogP) is 1.79. The van der Waals surface area contributed by atoms with Gasteiger partial charge in [-0.2, -0.15) is 0 Å². The van der Waals surface area contributed by atoms with E-state index in [9.17, 15) is 18.3 Å². The number of piperidine rings is 1. The zero-order valence-electron chi connectivity index (χ0n) is 18.4. The summed E-state index contributed by atoms with van der Waals surface area (Å²) in [6.45, 7) is 6.28. The topological polar surface area (TPSA) is 105 Å². The summed E-state index contributed by atoms with van der Waals surface area (Å²) in [6.07, 6.45) is 2.57. The number of aliphatic hydroxyl groups is 1. The zero-order chi connectivity index (χ0) is 23.0. The van der Waals surface area contributed by atoms with Gasteiger partial charge in [-0.1, -0.05) is 11.6 Å². The number of nitrogens with one attached hydrogen (secondary N) is 1. The van der Waals surface area contributed by atoms with Crippen molar-refractivity contribution >= 4 is 27.5 Å². The number of ether oxygens (including phenoxy) is 2. The minimum absolute atomic E-state index is 0.0342. The third kappa shape index (κ3) is 5.90. The number of carbonyl (C=O) groups is 1. The van der Waals surface area contributed by atoms with Gasteiger partial charge in [0.2, 0.25) is 10.0 Å². The molecule has 2 atom stereocenters. The first kappa shape index (κ1) is 24.3. The molecule has 2 saturated heterocycles. The van der Waals surface area contributed by atoms with Crippen molar-refractivity contribution in [2.24, 2.45) is 0 Å². The third-order valence-corrected chi connectivity index (χ3v) is 7.46. The van der Waals surface area contributed by atoms with Gasteiger partial charge >= 0.3 is 0 Å². The van der Waals surface area contributed by atoms with E-state index in [-0.39, 0.29) is 19.1 Å². The van der Waals surface area contributed by atoms with E-state index in [1.54, 1.807) is 11.8 Å². The van der Waals surface area contributed by atoms with E-state index in [1.165, 1.54) is 0 Å². The monoisotopic (exact) mass is 474 g/mol. The number of hydrogen-bond donors (Lipinski definition) is 2. The summed E-state index contributed by atoms with van der Waals surface area (Å²) in [5, 5.41) is 11.2. The van der Waals surface area contributed by atoms with Crippen LogP contribution in [0.1, 0.15) is 37.3 Å². The molecule has 0 radical (unpaired) electrons. The number of sulfonamides is 1. The highest BCUT2D eigenvalue weighted by Crippen LogP contribution is 2.38. The Kier molecular flexibility index (Phi) is 6.93. The average Bonchev–Trinajstić information content (AvgIpc) is 2.67. The summed E-state index contributed by atoms with van der Waals surface area (Å²) < 4.78 is 37.6. The quantitative estimate of drug-likeness (QED) is 0.674. The molecule has 2 fully saturated rings. The second-order valence-electron chi connectivity index (χ2n) is 9.02. The molecule has 0 aromatic heterocycles. The molecule has 2 heterocycles. The molecule has 2 aliphatic rings. The van der Waals surface area contributed by atoms with Gasteiger partial charge in [0.1, 0.15) is 11.4 Å². The second kappa shape index (κ2) is 8.86. The van der Waals surface area contributed by atoms with Crippen LogP contribution in [-0.2, 0) is 19.6 Å². The maximum Gasteiger partial charge on any atom is 0.260 e. The first-order chi connectivity index (χ1) is 14.3. The van der Waals surface area contributed by atoms with Gasteiger partial charge in [-0.25, -0.2) is 13.1 Å². The SMILES string of the molecule is Cc1cc(OCC(=O)N2CCC3(CC2)C[C@H](NS(C)(=O)=O)[C@@](C)(O)CO3)cc(C)c1Cl. The van der Waals surface area contributed by atoms with E-state index in [4.69, 9.17) is 21.1 Å². The van der Waals surface area contributed by atoms with Crippen LogP contribution in [0, 0.1) is 13.8 Å². The lowest BCUT2D eigenvalue weighted by Gasteiger charge is -2.50. The Balaban J connectivity index is 1.56. The summed E-state index contributed by atoms with van der Waals surface area (Å²) in [6, 6.07) is 2.98. The van der Waals surface area contributed by atoms with Gasteiger partial charge in [-0.15, -0.1) is 0 Å². The lowest BCUT2D eigenvalue weighted by atomic mass is 9.78. The smallest absolute Gasteiger partial charge is 0.260 e. The minimum atomic E-state index is -3.47. The number of nitrogens with zero attached hydrogens (tertiary/aromatic N) is 1. The van der Waals surface area contributed by atoms with Crippen molar-refractivity contribution in [2.45, 2.75) is 57.3 Å². The van der Waals surface area contributed by atoms with E-state index in [0.717, 1.165) is 17.4 Å². The second-order valence-corrected chi connectivity index (χ2v) is 11.2. The number of amides is 1. The molecule has 10 heteroatoms. The van der Waals surface area contributed by atoms with Gasteiger partial charge in [-0.05, 0) is 63.3 Å². The van der Waals surface area contributed by atoms with Crippen molar-refractivity contribution in [3.63, 3.8) is 0 Å². The molecule has 31 heavy (non-hydrogen) atoms. The molecular formula is C21H31ClN2O6S. The standard InChI is InChI=1S/C21H31ClN2O6S/c1-14-9-16(10-15(2)19(14)22)29-12-18(25)24-7-5-21(6-8-24)11-17(23-31(4,27)28)20(3,26)13-30-21/h9-10,17,23,26H,5-8,11-13H2,1-4H3/t17-,20-/m0/s1. The zero-order valence-corrected chi connectivity index (χ0v) is 20.0. The Morgan fingerprint density at radius 2 is 1.90 bits per heavy atom. The van der Waals surface area contributed by atoms with Crippen molar-refractivity contribution in [1.29, 1.82) is 0 Å². The van der Waals surface area contributed by atoms with Crippen LogP contribution in [0.5, 0.6) is 5.75 Å².